The van der Waals surface area contributed by atoms with Crippen molar-refractivity contribution < 1.29 is 14.4 Å². The molecule has 6 nitrogen and oxygen atoms in total. The highest BCUT2D eigenvalue weighted by Crippen LogP contribution is 2.26. The van der Waals surface area contributed by atoms with Gasteiger partial charge in [-0.2, -0.15) is 0 Å². The molecule has 2 N–H and O–H groups in total. The summed E-state index contributed by atoms with van der Waals surface area (Å²) in [5, 5.41) is 5.68. The molecule has 29 heavy (non-hydrogen) atoms. The van der Waals surface area contributed by atoms with Crippen LogP contribution in [-0.2, 0) is 20.8 Å². The van der Waals surface area contributed by atoms with Gasteiger partial charge in [-0.1, -0.05) is 32.9 Å². The SMILES string of the molecule is CCc1ccc(N2C[C@H](C(=O)Nc3ccc(NC(=O)C(C)C)cc3)CC2=O)cc1. The number of aryl methyl sites for hydroxylation is 1. The molecule has 0 saturated carbocycles. The van der Waals surface area contributed by atoms with E-state index in [1.165, 1.54) is 5.56 Å². The van der Waals surface area contributed by atoms with Crippen LogP contribution < -0.4 is 15.5 Å². The van der Waals surface area contributed by atoms with Crippen molar-refractivity contribution in [2.45, 2.75) is 33.6 Å². The monoisotopic (exact) mass is 393 g/mol. The molecule has 1 atom stereocenters. The molecule has 2 aromatic rings. The van der Waals surface area contributed by atoms with E-state index in [-0.39, 0.29) is 30.1 Å². The Morgan fingerprint density at radius 2 is 1.59 bits per heavy atom. The molecule has 1 saturated heterocycles. The van der Waals surface area contributed by atoms with Crippen molar-refractivity contribution in [2.24, 2.45) is 11.8 Å². The van der Waals surface area contributed by atoms with Crippen molar-refractivity contribution in [1.82, 2.24) is 0 Å². The van der Waals surface area contributed by atoms with Gasteiger partial charge in [0.25, 0.3) is 0 Å². The Morgan fingerprint density at radius 1 is 1.00 bits per heavy atom. The lowest BCUT2D eigenvalue weighted by Crippen LogP contribution is -2.28. The lowest BCUT2D eigenvalue weighted by atomic mass is 10.1. The maximum Gasteiger partial charge on any atom is 0.229 e. The molecule has 6 heteroatoms. The third kappa shape index (κ3) is 5.02. The van der Waals surface area contributed by atoms with Gasteiger partial charge in [0.1, 0.15) is 0 Å². The number of amides is 3. The van der Waals surface area contributed by atoms with Gasteiger partial charge >= 0.3 is 0 Å². The van der Waals surface area contributed by atoms with Crippen LogP contribution in [0.1, 0.15) is 32.8 Å². The number of hydrogen-bond acceptors (Lipinski definition) is 3. The third-order valence-corrected chi connectivity index (χ3v) is 5.10. The van der Waals surface area contributed by atoms with E-state index < -0.39 is 5.92 Å². The van der Waals surface area contributed by atoms with E-state index in [1.807, 2.05) is 38.1 Å². The lowest BCUT2D eigenvalue weighted by molar-refractivity contribution is -0.122. The number of nitrogens with one attached hydrogen (secondary N) is 2. The number of nitrogens with zero attached hydrogens (tertiary/aromatic N) is 1. The lowest BCUT2D eigenvalue weighted by Gasteiger charge is -2.17. The summed E-state index contributed by atoms with van der Waals surface area (Å²) >= 11 is 0. The van der Waals surface area contributed by atoms with Gasteiger partial charge < -0.3 is 15.5 Å². The van der Waals surface area contributed by atoms with E-state index >= 15 is 0 Å². The van der Waals surface area contributed by atoms with E-state index in [9.17, 15) is 14.4 Å². The molecule has 1 aliphatic rings. The van der Waals surface area contributed by atoms with Gasteiger partial charge in [0, 0.05) is 35.9 Å². The van der Waals surface area contributed by atoms with Crippen molar-refractivity contribution in [1.29, 1.82) is 0 Å². The Kier molecular flexibility index (Phi) is 6.32. The molecule has 3 amide bonds. The Bertz CT molecular complexity index is 889. The summed E-state index contributed by atoms with van der Waals surface area (Å²) in [6.45, 7) is 6.11. The maximum absolute atomic E-state index is 12.6. The van der Waals surface area contributed by atoms with Crippen LogP contribution in [0.25, 0.3) is 0 Å². The van der Waals surface area contributed by atoms with Gasteiger partial charge in [0.2, 0.25) is 17.7 Å². The van der Waals surface area contributed by atoms with Crippen molar-refractivity contribution in [3.63, 3.8) is 0 Å². The molecule has 3 rings (SSSR count). The number of anilines is 3. The van der Waals surface area contributed by atoms with Crippen LogP contribution in [0.2, 0.25) is 0 Å². The molecule has 152 valence electrons. The van der Waals surface area contributed by atoms with E-state index in [4.69, 9.17) is 0 Å². The first kappa shape index (κ1) is 20.6. The second-order valence-electron chi connectivity index (χ2n) is 7.64. The third-order valence-electron chi connectivity index (χ3n) is 5.10. The fourth-order valence-electron chi connectivity index (χ4n) is 3.21. The Hall–Kier alpha value is -3.15. The molecule has 1 aliphatic heterocycles. The number of hydrogen-bond donors (Lipinski definition) is 2. The Balaban J connectivity index is 1.59. The standard InChI is InChI=1S/C23H27N3O3/c1-4-16-5-11-20(12-6-16)26-14-17(13-21(26)27)23(29)25-19-9-7-18(8-10-19)24-22(28)15(2)3/h5-12,15,17H,4,13-14H2,1-3H3,(H,24,28)(H,25,29)/t17-/m1/s1. The average molecular weight is 393 g/mol. The van der Waals surface area contributed by atoms with Crippen LogP contribution in [-0.4, -0.2) is 24.3 Å². The molecular formula is C23H27N3O3. The molecule has 0 aromatic heterocycles. The second kappa shape index (κ2) is 8.90. The van der Waals surface area contributed by atoms with Gasteiger partial charge in [-0.25, -0.2) is 0 Å². The smallest absolute Gasteiger partial charge is 0.229 e. The highest BCUT2D eigenvalue weighted by molar-refractivity contribution is 6.03. The molecule has 1 heterocycles. The first-order valence-electron chi connectivity index (χ1n) is 9.98. The first-order valence-corrected chi connectivity index (χ1v) is 9.98. The molecule has 0 aliphatic carbocycles. The Labute approximate surface area is 171 Å². The zero-order chi connectivity index (χ0) is 21.0. The molecular weight excluding hydrogens is 366 g/mol. The van der Waals surface area contributed by atoms with Crippen molar-refractivity contribution in [2.75, 3.05) is 22.1 Å². The highest BCUT2D eigenvalue weighted by atomic mass is 16.2. The van der Waals surface area contributed by atoms with Gasteiger partial charge in [-0.15, -0.1) is 0 Å². The van der Waals surface area contributed by atoms with Gasteiger partial charge in [-0.05, 0) is 48.4 Å². The minimum atomic E-state index is -0.395. The zero-order valence-corrected chi connectivity index (χ0v) is 17.1. The minimum absolute atomic E-state index is 0.0406. The first-order chi connectivity index (χ1) is 13.9. The second-order valence-corrected chi connectivity index (χ2v) is 7.64. The number of rotatable bonds is 6. The predicted molar refractivity (Wildman–Crippen MR) is 115 cm³/mol. The summed E-state index contributed by atoms with van der Waals surface area (Å²) in [6, 6.07) is 14.9. The summed E-state index contributed by atoms with van der Waals surface area (Å²) in [6.07, 6.45) is 1.14. The minimum Gasteiger partial charge on any atom is -0.326 e. The fraction of sp³-hybridized carbons (Fsp3) is 0.348. The van der Waals surface area contributed by atoms with Crippen LogP contribution >= 0.6 is 0 Å². The van der Waals surface area contributed by atoms with Crippen LogP contribution in [0.5, 0.6) is 0 Å². The van der Waals surface area contributed by atoms with Crippen LogP contribution in [0, 0.1) is 11.8 Å². The topological polar surface area (TPSA) is 78.5 Å². The summed E-state index contributed by atoms with van der Waals surface area (Å²) in [5.74, 6) is -0.770. The summed E-state index contributed by atoms with van der Waals surface area (Å²) in [5.41, 5.74) is 3.35. The summed E-state index contributed by atoms with van der Waals surface area (Å²) in [7, 11) is 0. The van der Waals surface area contributed by atoms with Crippen LogP contribution in [0.4, 0.5) is 17.1 Å². The molecule has 2 aromatic carbocycles. The molecule has 0 unspecified atom stereocenters. The summed E-state index contributed by atoms with van der Waals surface area (Å²) in [4.78, 5) is 38.5. The zero-order valence-electron chi connectivity index (χ0n) is 17.1. The normalized spacial score (nSPS) is 16.2. The number of benzene rings is 2. The van der Waals surface area contributed by atoms with Gasteiger partial charge in [0.05, 0.1) is 5.92 Å². The van der Waals surface area contributed by atoms with Crippen molar-refractivity contribution >= 4 is 34.8 Å². The van der Waals surface area contributed by atoms with Crippen LogP contribution in [0.3, 0.4) is 0 Å². The number of carbonyl (C=O) groups is 3. The van der Waals surface area contributed by atoms with Crippen molar-refractivity contribution in [3.05, 3.63) is 54.1 Å². The molecule has 0 radical (unpaired) electrons. The highest BCUT2D eigenvalue weighted by Gasteiger charge is 2.35. The largest absolute Gasteiger partial charge is 0.326 e. The Morgan fingerprint density at radius 3 is 2.14 bits per heavy atom. The van der Waals surface area contributed by atoms with Gasteiger partial charge in [0.15, 0.2) is 0 Å². The summed E-state index contributed by atoms with van der Waals surface area (Å²) < 4.78 is 0. The predicted octanol–water partition coefficient (Wildman–Crippen LogP) is 3.84. The van der Waals surface area contributed by atoms with E-state index in [0.29, 0.717) is 17.9 Å². The van der Waals surface area contributed by atoms with Gasteiger partial charge in [-0.3, -0.25) is 14.4 Å². The fourth-order valence-corrected chi connectivity index (χ4v) is 3.21. The van der Waals surface area contributed by atoms with E-state index in [1.54, 1.807) is 29.2 Å². The quantitative estimate of drug-likeness (QED) is 0.783. The van der Waals surface area contributed by atoms with E-state index in [0.717, 1.165) is 12.1 Å². The number of carbonyl (C=O) groups excluding carboxylic acids is 3. The molecule has 0 spiro atoms. The van der Waals surface area contributed by atoms with E-state index in [2.05, 4.69) is 17.6 Å². The maximum atomic E-state index is 12.6. The molecule has 1 fully saturated rings. The average Bonchev–Trinajstić information content (AvgIpc) is 3.11. The molecule has 0 bridgehead atoms. The van der Waals surface area contributed by atoms with Crippen LogP contribution in [0.15, 0.2) is 48.5 Å². The van der Waals surface area contributed by atoms with Crippen molar-refractivity contribution in [3.8, 4) is 0 Å².